The maximum absolute atomic E-state index is 12.2. The molecule has 1 atom stereocenters. The number of anilines is 1. The Bertz CT molecular complexity index is 559. The molecule has 22 heavy (non-hydrogen) atoms. The summed E-state index contributed by atoms with van der Waals surface area (Å²) in [7, 11) is 0. The van der Waals surface area contributed by atoms with Gasteiger partial charge in [-0.2, -0.15) is 0 Å². The number of aliphatic carboxylic acids is 1. The zero-order valence-electron chi connectivity index (χ0n) is 12.4. The molecule has 0 saturated carbocycles. The van der Waals surface area contributed by atoms with Crippen LogP contribution in [0.5, 0.6) is 0 Å². The third-order valence-corrected chi connectivity index (χ3v) is 4.21. The van der Waals surface area contributed by atoms with Crippen molar-refractivity contribution >= 4 is 29.2 Å². The summed E-state index contributed by atoms with van der Waals surface area (Å²) < 4.78 is 0. The Labute approximate surface area is 134 Å². The number of halogens is 1. The van der Waals surface area contributed by atoms with Crippen molar-refractivity contribution in [2.75, 3.05) is 31.5 Å². The number of rotatable bonds is 5. The summed E-state index contributed by atoms with van der Waals surface area (Å²) in [5.74, 6) is -1.30. The molecule has 120 valence electrons. The number of amides is 1. The number of nitrogens with zero attached hydrogens (tertiary/aromatic N) is 1. The van der Waals surface area contributed by atoms with E-state index in [1.165, 1.54) is 0 Å². The fourth-order valence-electron chi connectivity index (χ4n) is 2.49. The standard InChI is InChI=1S/C15H20ClN3O3/c1-10-11(16)3-2-4-12(10)18-14(20)9-13(15(21)22)19-7-5-17-6-8-19/h2-4,13,17H,5-9H2,1H3,(H,18,20)(H,21,22)/t13-/m1/s1. The van der Waals surface area contributed by atoms with Gasteiger partial charge in [0.15, 0.2) is 0 Å². The summed E-state index contributed by atoms with van der Waals surface area (Å²) in [4.78, 5) is 25.4. The van der Waals surface area contributed by atoms with Crippen molar-refractivity contribution < 1.29 is 14.7 Å². The number of piperazine rings is 1. The van der Waals surface area contributed by atoms with Gasteiger partial charge in [-0.1, -0.05) is 17.7 Å². The molecule has 7 heteroatoms. The minimum atomic E-state index is -0.972. The van der Waals surface area contributed by atoms with Gasteiger partial charge in [0.25, 0.3) is 0 Å². The Morgan fingerprint density at radius 2 is 2.09 bits per heavy atom. The normalized spacial score (nSPS) is 17.0. The van der Waals surface area contributed by atoms with E-state index in [9.17, 15) is 14.7 Å². The fourth-order valence-corrected chi connectivity index (χ4v) is 2.66. The van der Waals surface area contributed by atoms with Crippen LogP contribution in [0.15, 0.2) is 18.2 Å². The van der Waals surface area contributed by atoms with Gasteiger partial charge in [-0.15, -0.1) is 0 Å². The predicted octanol–water partition coefficient (Wildman–Crippen LogP) is 1.34. The Morgan fingerprint density at radius 3 is 2.73 bits per heavy atom. The predicted molar refractivity (Wildman–Crippen MR) is 85.3 cm³/mol. The summed E-state index contributed by atoms with van der Waals surface area (Å²) in [5, 5.41) is 15.9. The van der Waals surface area contributed by atoms with Crippen molar-refractivity contribution in [3.63, 3.8) is 0 Å². The molecule has 1 fully saturated rings. The molecular weight excluding hydrogens is 306 g/mol. The highest BCUT2D eigenvalue weighted by Crippen LogP contribution is 2.23. The number of carboxylic acids is 1. The first-order valence-electron chi connectivity index (χ1n) is 7.21. The van der Waals surface area contributed by atoms with Crippen molar-refractivity contribution in [3.05, 3.63) is 28.8 Å². The number of hydrogen-bond donors (Lipinski definition) is 3. The molecule has 1 aromatic rings. The second kappa shape index (κ2) is 7.58. The highest BCUT2D eigenvalue weighted by molar-refractivity contribution is 6.31. The Morgan fingerprint density at radius 1 is 1.41 bits per heavy atom. The molecule has 0 radical (unpaired) electrons. The smallest absolute Gasteiger partial charge is 0.321 e. The lowest BCUT2D eigenvalue weighted by atomic mass is 10.1. The van der Waals surface area contributed by atoms with E-state index in [1.807, 2.05) is 11.8 Å². The number of carbonyl (C=O) groups excluding carboxylic acids is 1. The molecule has 1 aliphatic rings. The van der Waals surface area contributed by atoms with Gasteiger partial charge in [0.2, 0.25) is 5.91 Å². The van der Waals surface area contributed by atoms with Crippen molar-refractivity contribution in [2.45, 2.75) is 19.4 Å². The first-order chi connectivity index (χ1) is 10.5. The van der Waals surface area contributed by atoms with E-state index in [2.05, 4.69) is 10.6 Å². The molecule has 0 aliphatic carbocycles. The summed E-state index contributed by atoms with van der Waals surface area (Å²) in [6.07, 6.45) is -0.0821. The average molecular weight is 326 g/mol. The molecule has 2 rings (SSSR count). The molecule has 6 nitrogen and oxygen atoms in total. The van der Waals surface area contributed by atoms with Crippen molar-refractivity contribution in [1.29, 1.82) is 0 Å². The monoisotopic (exact) mass is 325 g/mol. The van der Waals surface area contributed by atoms with Crippen molar-refractivity contribution in [1.82, 2.24) is 10.2 Å². The molecule has 1 aliphatic heterocycles. The maximum atomic E-state index is 12.2. The van der Waals surface area contributed by atoms with Crippen molar-refractivity contribution in [3.8, 4) is 0 Å². The van der Waals surface area contributed by atoms with Crippen LogP contribution in [0.3, 0.4) is 0 Å². The average Bonchev–Trinajstić information content (AvgIpc) is 2.50. The highest BCUT2D eigenvalue weighted by atomic mass is 35.5. The van der Waals surface area contributed by atoms with Gasteiger partial charge >= 0.3 is 5.97 Å². The molecule has 0 aromatic heterocycles. The first-order valence-corrected chi connectivity index (χ1v) is 7.59. The first kappa shape index (κ1) is 16.7. The minimum absolute atomic E-state index is 0.0821. The van der Waals surface area contributed by atoms with Gasteiger partial charge in [-0.05, 0) is 24.6 Å². The summed E-state index contributed by atoms with van der Waals surface area (Å²) in [5.41, 5.74) is 1.38. The van der Waals surface area contributed by atoms with Crippen molar-refractivity contribution in [2.24, 2.45) is 0 Å². The van der Waals surface area contributed by atoms with E-state index in [1.54, 1.807) is 18.2 Å². The maximum Gasteiger partial charge on any atom is 0.321 e. The second-order valence-corrected chi connectivity index (χ2v) is 5.71. The van der Waals surface area contributed by atoms with Crippen LogP contribution >= 0.6 is 11.6 Å². The topological polar surface area (TPSA) is 81.7 Å². The molecule has 1 amide bonds. The Kier molecular flexibility index (Phi) is 5.76. The molecule has 0 spiro atoms. The van der Waals surface area contributed by atoms with Gasteiger partial charge in [-0.3, -0.25) is 14.5 Å². The van der Waals surface area contributed by atoms with Crippen LogP contribution in [0.1, 0.15) is 12.0 Å². The van der Waals surface area contributed by atoms with E-state index in [0.29, 0.717) is 23.8 Å². The SMILES string of the molecule is Cc1c(Cl)cccc1NC(=O)C[C@H](C(=O)O)N1CCNCC1. The lowest BCUT2D eigenvalue weighted by Crippen LogP contribution is -2.52. The Balaban J connectivity index is 2.02. The van der Waals surface area contributed by atoms with Crippen LogP contribution in [0.2, 0.25) is 5.02 Å². The van der Waals surface area contributed by atoms with Gasteiger partial charge in [0, 0.05) is 36.9 Å². The second-order valence-electron chi connectivity index (χ2n) is 5.30. The molecular formula is C15H20ClN3O3. The zero-order chi connectivity index (χ0) is 16.1. The molecule has 1 heterocycles. The number of hydrogen-bond acceptors (Lipinski definition) is 4. The summed E-state index contributed by atoms with van der Waals surface area (Å²) >= 11 is 6.01. The van der Waals surface area contributed by atoms with E-state index in [-0.39, 0.29) is 12.3 Å². The number of carboxylic acid groups (broad SMARTS) is 1. The van der Waals surface area contributed by atoms with E-state index in [4.69, 9.17) is 11.6 Å². The van der Waals surface area contributed by atoms with E-state index >= 15 is 0 Å². The van der Waals surface area contributed by atoms with Gasteiger partial charge in [0.1, 0.15) is 6.04 Å². The quantitative estimate of drug-likeness (QED) is 0.761. The molecule has 0 bridgehead atoms. The summed E-state index contributed by atoms with van der Waals surface area (Å²) in [6.45, 7) is 4.53. The highest BCUT2D eigenvalue weighted by Gasteiger charge is 2.29. The van der Waals surface area contributed by atoms with Gasteiger partial charge in [-0.25, -0.2) is 0 Å². The summed E-state index contributed by atoms with van der Waals surface area (Å²) in [6, 6.07) is 4.43. The largest absolute Gasteiger partial charge is 0.480 e. The van der Waals surface area contributed by atoms with Crippen LogP contribution in [-0.4, -0.2) is 54.1 Å². The molecule has 3 N–H and O–H groups in total. The van der Waals surface area contributed by atoms with Crippen LogP contribution in [0.4, 0.5) is 5.69 Å². The van der Waals surface area contributed by atoms with Gasteiger partial charge < -0.3 is 15.7 Å². The third-order valence-electron chi connectivity index (χ3n) is 3.80. The number of nitrogens with one attached hydrogen (secondary N) is 2. The van der Waals surface area contributed by atoms with Crippen LogP contribution < -0.4 is 10.6 Å². The van der Waals surface area contributed by atoms with E-state index in [0.717, 1.165) is 18.7 Å². The van der Waals surface area contributed by atoms with Crippen LogP contribution in [0.25, 0.3) is 0 Å². The fraction of sp³-hybridized carbons (Fsp3) is 0.467. The Hall–Kier alpha value is -1.63. The third kappa shape index (κ3) is 4.19. The molecule has 1 saturated heterocycles. The van der Waals surface area contributed by atoms with Crippen LogP contribution in [0, 0.1) is 6.92 Å². The van der Waals surface area contributed by atoms with E-state index < -0.39 is 12.0 Å². The number of benzene rings is 1. The lowest BCUT2D eigenvalue weighted by Gasteiger charge is -2.32. The van der Waals surface area contributed by atoms with Gasteiger partial charge in [0.05, 0.1) is 6.42 Å². The minimum Gasteiger partial charge on any atom is -0.480 e. The molecule has 1 aromatic carbocycles. The van der Waals surface area contributed by atoms with Crippen LogP contribution in [-0.2, 0) is 9.59 Å². The lowest BCUT2D eigenvalue weighted by molar-refractivity contribution is -0.145. The zero-order valence-corrected chi connectivity index (χ0v) is 13.2. The molecule has 0 unspecified atom stereocenters. The number of carbonyl (C=O) groups is 2.